The minimum atomic E-state index is 0.734. The minimum Gasteiger partial charge on any atom is -0.236 e. The summed E-state index contributed by atoms with van der Waals surface area (Å²) >= 11 is 12.1. The molecule has 1 aliphatic heterocycles. The van der Waals surface area contributed by atoms with Gasteiger partial charge in [-0.1, -0.05) is 35.3 Å². The van der Waals surface area contributed by atoms with Crippen molar-refractivity contribution in [3.05, 3.63) is 40.9 Å². The Kier molecular flexibility index (Phi) is 4.64. The van der Waals surface area contributed by atoms with E-state index < -0.39 is 0 Å². The van der Waals surface area contributed by atoms with Crippen molar-refractivity contribution in [3.8, 4) is 0 Å². The minimum absolute atomic E-state index is 0.734. The topological polar surface area (TPSA) is 3.01 Å². The smallest absolute Gasteiger partial charge is 0.164 e. The van der Waals surface area contributed by atoms with Crippen molar-refractivity contribution in [2.24, 2.45) is 0 Å². The molecule has 0 spiro atoms. The van der Waals surface area contributed by atoms with Gasteiger partial charge < -0.3 is 0 Å². The Hall–Kier alpha value is -0.790. The van der Waals surface area contributed by atoms with Gasteiger partial charge in [0.15, 0.2) is 6.21 Å². The van der Waals surface area contributed by atoms with Gasteiger partial charge in [0, 0.05) is 23.9 Å². The van der Waals surface area contributed by atoms with Crippen LogP contribution in [-0.4, -0.2) is 23.9 Å². The summed E-state index contributed by atoms with van der Waals surface area (Å²) in [5, 5.41) is 1.49. The quantitative estimate of drug-likeness (QED) is 0.708. The Morgan fingerprint density at radius 2 is 1.71 bits per heavy atom. The average molecular weight is 269 g/mol. The molecule has 90 valence electrons. The highest BCUT2D eigenvalue weighted by molar-refractivity contribution is 6.49. The Balaban J connectivity index is 2.08. The summed E-state index contributed by atoms with van der Waals surface area (Å²) in [5.74, 6) is 0. The number of benzene rings is 1. The van der Waals surface area contributed by atoms with E-state index >= 15 is 0 Å². The van der Waals surface area contributed by atoms with E-state index in [0.717, 1.165) is 28.7 Å². The second-order valence-electron chi connectivity index (χ2n) is 4.27. The molecule has 0 aromatic heterocycles. The van der Waals surface area contributed by atoms with Crippen LogP contribution >= 0.6 is 23.2 Å². The van der Waals surface area contributed by atoms with Crippen molar-refractivity contribution in [3.63, 3.8) is 0 Å². The van der Waals surface area contributed by atoms with Gasteiger partial charge >= 0.3 is 0 Å². The monoisotopic (exact) mass is 268 g/mol. The van der Waals surface area contributed by atoms with E-state index in [2.05, 4.69) is 10.8 Å². The van der Waals surface area contributed by atoms with Crippen molar-refractivity contribution in [1.29, 1.82) is 0 Å². The lowest BCUT2D eigenvalue weighted by Crippen LogP contribution is -2.20. The van der Waals surface area contributed by atoms with Crippen molar-refractivity contribution in [2.75, 3.05) is 13.1 Å². The predicted octanol–water partition coefficient (Wildman–Crippen LogP) is 4.19. The highest BCUT2D eigenvalue weighted by atomic mass is 35.5. The zero-order valence-corrected chi connectivity index (χ0v) is 11.2. The van der Waals surface area contributed by atoms with Crippen LogP contribution in [0.3, 0.4) is 0 Å². The van der Waals surface area contributed by atoms with Crippen LogP contribution in [-0.2, 0) is 0 Å². The first-order valence-electron chi connectivity index (χ1n) is 5.96. The third kappa shape index (κ3) is 3.86. The molecule has 1 nitrogen and oxygen atoms in total. The van der Waals surface area contributed by atoms with Gasteiger partial charge in [0.1, 0.15) is 13.1 Å². The summed E-state index contributed by atoms with van der Waals surface area (Å²) in [7, 11) is 0. The van der Waals surface area contributed by atoms with E-state index in [0.29, 0.717) is 0 Å². The van der Waals surface area contributed by atoms with Crippen LogP contribution < -0.4 is 0 Å². The maximum atomic E-state index is 6.24. The van der Waals surface area contributed by atoms with Gasteiger partial charge in [-0.15, -0.1) is 0 Å². The van der Waals surface area contributed by atoms with E-state index in [4.69, 9.17) is 23.2 Å². The maximum Gasteiger partial charge on any atom is 0.164 e. The van der Waals surface area contributed by atoms with E-state index in [1.807, 2.05) is 30.3 Å². The fraction of sp³-hybridized carbons (Fsp3) is 0.357. The second kappa shape index (κ2) is 6.23. The normalized spacial score (nSPS) is 17.1. The van der Waals surface area contributed by atoms with Gasteiger partial charge in [-0.25, -0.2) is 4.58 Å². The molecule has 1 fully saturated rings. The highest BCUT2D eigenvalue weighted by Gasteiger charge is 2.09. The number of allylic oxidation sites excluding steroid dienone is 1. The lowest BCUT2D eigenvalue weighted by atomic mass is 10.1. The second-order valence-corrected chi connectivity index (χ2v) is 5.11. The number of piperidine rings is 1. The summed E-state index contributed by atoms with van der Waals surface area (Å²) in [6.07, 6.45) is 7.97. The summed E-state index contributed by atoms with van der Waals surface area (Å²) in [5.41, 5.74) is 1.00. The fourth-order valence-electron chi connectivity index (χ4n) is 1.94. The van der Waals surface area contributed by atoms with Crippen molar-refractivity contribution in [1.82, 2.24) is 0 Å². The molecule has 0 saturated carbocycles. The Bertz CT molecular complexity index is 424. The first kappa shape index (κ1) is 12.7. The fourth-order valence-corrected chi connectivity index (χ4v) is 2.25. The summed E-state index contributed by atoms with van der Waals surface area (Å²) in [6.45, 7) is 2.28. The van der Waals surface area contributed by atoms with Crippen molar-refractivity contribution in [2.45, 2.75) is 19.3 Å². The van der Waals surface area contributed by atoms with Crippen molar-refractivity contribution < 1.29 is 4.58 Å². The van der Waals surface area contributed by atoms with Crippen LogP contribution in [0, 0.1) is 0 Å². The molecule has 0 aliphatic carbocycles. The number of halogens is 2. The molecule has 1 heterocycles. The van der Waals surface area contributed by atoms with Gasteiger partial charge in [0.05, 0.1) is 5.03 Å². The number of nitrogens with zero attached hydrogens (tertiary/aromatic N) is 1. The van der Waals surface area contributed by atoms with Gasteiger partial charge in [-0.3, -0.25) is 0 Å². The van der Waals surface area contributed by atoms with Crippen molar-refractivity contribution >= 4 is 34.4 Å². The molecule has 0 amide bonds. The van der Waals surface area contributed by atoms with Crippen LogP contribution in [0.1, 0.15) is 24.8 Å². The zero-order chi connectivity index (χ0) is 12.1. The van der Waals surface area contributed by atoms with Gasteiger partial charge in [0.2, 0.25) is 0 Å². The van der Waals surface area contributed by atoms with E-state index in [1.54, 1.807) is 0 Å². The Morgan fingerprint density at radius 3 is 2.35 bits per heavy atom. The highest BCUT2D eigenvalue weighted by Crippen LogP contribution is 2.20. The average Bonchev–Trinajstić information content (AvgIpc) is 2.38. The van der Waals surface area contributed by atoms with Crippen LogP contribution in [0.15, 0.2) is 30.3 Å². The summed E-state index contributed by atoms with van der Waals surface area (Å²) in [4.78, 5) is 0. The van der Waals surface area contributed by atoms with Crippen LogP contribution in [0.5, 0.6) is 0 Å². The first-order valence-corrected chi connectivity index (χ1v) is 6.72. The molecule has 0 unspecified atom stereocenters. The molecule has 17 heavy (non-hydrogen) atoms. The molecule has 1 aromatic carbocycles. The number of hydrogen-bond donors (Lipinski definition) is 0. The molecule has 1 saturated heterocycles. The summed E-state index contributed by atoms with van der Waals surface area (Å²) in [6, 6.07) is 7.58. The molecule has 2 rings (SSSR count). The molecule has 3 heteroatoms. The molecule has 0 atom stereocenters. The molecule has 1 aromatic rings. The lowest BCUT2D eigenvalue weighted by Gasteiger charge is -2.08. The van der Waals surface area contributed by atoms with Gasteiger partial charge in [-0.2, -0.15) is 0 Å². The molecular weight excluding hydrogens is 253 g/mol. The SMILES string of the molecule is Cl/C(=C\C=[N+]1CCCCC1)c1ccc(Cl)cc1. The van der Waals surface area contributed by atoms with E-state index in [1.165, 1.54) is 19.3 Å². The molecule has 0 bridgehead atoms. The standard InChI is InChI=1S/C14H16Cl2N/c15-13-6-4-12(5-7-13)14(16)8-11-17-9-2-1-3-10-17/h4-8,11H,1-3,9-10H2/q+1/b14-8-. The molecule has 0 radical (unpaired) electrons. The van der Waals surface area contributed by atoms with Crippen LogP contribution in [0.2, 0.25) is 5.02 Å². The van der Waals surface area contributed by atoms with Crippen LogP contribution in [0.25, 0.3) is 5.03 Å². The van der Waals surface area contributed by atoms with Crippen LogP contribution in [0.4, 0.5) is 0 Å². The van der Waals surface area contributed by atoms with Gasteiger partial charge in [0.25, 0.3) is 0 Å². The zero-order valence-electron chi connectivity index (χ0n) is 9.70. The Labute approximate surface area is 112 Å². The maximum absolute atomic E-state index is 6.24. The lowest BCUT2D eigenvalue weighted by molar-refractivity contribution is -0.532. The van der Waals surface area contributed by atoms with E-state index in [-0.39, 0.29) is 0 Å². The number of rotatable bonds is 2. The first-order chi connectivity index (χ1) is 8.25. The third-order valence-electron chi connectivity index (χ3n) is 2.94. The summed E-state index contributed by atoms with van der Waals surface area (Å²) < 4.78 is 2.32. The molecule has 1 aliphatic rings. The number of hydrogen-bond acceptors (Lipinski definition) is 0. The van der Waals surface area contributed by atoms with Gasteiger partial charge in [-0.05, 0) is 24.1 Å². The largest absolute Gasteiger partial charge is 0.236 e. The molecule has 0 N–H and O–H groups in total. The Morgan fingerprint density at radius 1 is 1.06 bits per heavy atom. The third-order valence-corrected chi connectivity index (χ3v) is 3.54. The molecular formula is C14H16Cl2N+. The predicted molar refractivity (Wildman–Crippen MR) is 75.2 cm³/mol. The van der Waals surface area contributed by atoms with E-state index in [9.17, 15) is 0 Å².